The molecule has 1 unspecified atom stereocenters. The molecular weight excluding hydrogens is 296 g/mol. The van der Waals surface area contributed by atoms with Gasteiger partial charge in [-0.05, 0) is 18.1 Å². The molecule has 0 bridgehead atoms. The molecule has 1 aliphatic heterocycles. The molecule has 1 fully saturated rings. The summed E-state index contributed by atoms with van der Waals surface area (Å²) in [6, 6.07) is 6.49. The molecule has 1 saturated heterocycles. The van der Waals surface area contributed by atoms with Crippen molar-refractivity contribution in [2.45, 2.75) is 25.4 Å². The van der Waals surface area contributed by atoms with E-state index in [9.17, 15) is 14.4 Å². The van der Waals surface area contributed by atoms with Crippen LogP contribution >= 0.6 is 11.6 Å². The molecule has 0 radical (unpaired) electrons. The first-order chi connectivity index (χ1) is 10.1. The third-order valence-electron chi connectivity index (χ3n) is 3.06. The quantitative estimate of drug-likeness (QED) is 0.787. The summed E-state index contributed by atoms with van der Waals surface area (Å²) in [5, 5.41) is 5.65. The van der Waals surface area contributed by atoms with Gasteiger partial charge in [-0.1, -0.05) is 29.8 Å². The SMILES string of the molecule is O=C(COC(=O)C1CCC(=O)N1)NCc1ccccc1Cl. The molecular formula is C14H15ClN2O4. The first-order valence-electron chi connectivity index (χ1n) is 6.52. The number of benzene rings is 1. The molecule has 0 spiro atoms. The van der Waals surface area contributed by atoms with E-state index in [2.05, 4.69) is 10.6 Å². The lowest BCUT2D eigenvalue weighted by Gasteiger charge is -2.10. The van der Waals surface area contributed by atoms with Crippen LogP contribution in [0.2, 0.25) is 5.02 Å². The highest BCUT2D eigenvalue weighted by molar-refractivity contribution is 6.31. The van der Waals surface area contributed by atoms with Crippen molar-refractivity contribution in [3.63, 3.8) is 0 Å². The van der Waals surface area contributed by atoms with Crippen molar-refractivity contribution in [1.82, 2.24) is 10.6 Å². The van der Waals surface area contributed by atoms with Gasteiger partial charge in [0.1, 0.15) is 6.04 Å². The van der Waals surface area contributed by atoms with Crippen LogP contribution in [0.3, 0.4) is 0 Å². The smallest absolute Gasteiger partial charge is 0.329 e. The molecule has 0 saturated carbocycles. The van der Waals surface area contributed by atoms with Crippen molar-refractivity contribution in [3.05, 3.63) is 34.9 Å². The monoisotopic (exact) mass is 310 g/mol. The van der Waals surface area contributed by atoms with Crippen LogP contribution in [0, 0.1) is 0 Å². The third-order valence-corrected chi connectivity index (χ3v) is 3.43. The van der Waals surface area contributed by atoms with E-state index in [4.69, 9.17) is 16.3 Å². The van der Waals surface area contributed by atoms with Crippen LogP contribution in [0.4, 0.5) is 0 Å². The van der Waals surface area contributed by atoms with Gasteiger partial charge in [0.05, 0.1) is 0 Å². The molecule has 0 aromatic heterocycles. The van der Waals surface area contributed by atoms with Crippen molar-refractivity contribution in [3.8, 4) is 0 Å². The number of ether oxygens (including phenoxy) is 1. The van der Waals surface area contributed by atoms with E-state index < -0.39 is 17.9 Å². The van der Waals surface area contributed by atoms with Crippen LogP contribution in [-0.4, -0.2) is 30.4 Å². The van der Waals surface area contributed by atoms with Crippen LogP contribution < -0.4 is 10.6 Å². The average Bonchev–Trinajstić information content (AvgIpc) is 2.90. The molecule has 21 heavy (non-hydrogen) atoms. The summed E-state index contributed by atoms with van der Waals surface area (Å²) in [4.78, 5) is 34.2. The fourth-order valence-electron chi connectivity index (χ4n) is 1.91. The Bertz CT molecular complexity index is 562. The van der Waals surface area contributed by atoms with Crippen molar-refractivity contribution in [2.24, 2.45) is 0 Å². The van der Waals surface area contributed by atoms with Gasteiger partial charge in [-0.25, -0.2) is 4.79 Å². The second kappa shape index (κ2) is 7.08. The van der Waals surface area contributed by atoms with E-state index in [-0.39, 0.29) is 19.1 Å². The molecule has 1 aromatic carbocycles. The van der Waals surface area contributed by atoms with Crippen molar-refractivity contribution in [2.75, 3.05) is 6.61 Å². The molecule has 0 aliphatic carbocycles. The van der Waals surface area contributed by atoms with Gasteiger partial charge < -0.3 is 15.4 Å². The van der Waals surface area contributed by atoms with Crippen LogP contribution in [0.5, 0.6) is 0 Å². The molecule has 1 aromatic rings. The predicted molar refractivity (Wildman–Crippen MR) is 75.4 cm³/mol. The second-order valence-corrected chi connectivity index (χ2v) is 5.04. The van der Waals surface area contributed by atoms with Gasteiger partial charge in [0.25, 0.3) is 5.91 Å². The van der Waals surface area contributed by atoms with Crippen LogP contribution in [0.25, 0.3) is 0 Å². The van der Waals surface area contributed by atoms with Gasteiger partial charge in [-0.2, -0.15) is 0 Å². The fourth-order valence-corrected chi connectivity index (χ4v) is 2.12. The predicted octanol–water partition coefficient (Wildman–Crippen LogP) is 0.778. The Morgan fingerprint density at radius 3 is 2.81 bits per heavy atom. The van der Waals surface area contributed by atoms with Gasteiger partial charge >= 0.3 is 5.97 Å². The number of amides is 2. The second-order valence-electron chi connectivity index (χ2n) is 4.63. The fraction of sp³-hybridized carbons (Fsp3) is 0.357. The van der Waals surface area contributed by atoms with Gasteiger partial charge in [-0.3, -0.25) is 9.59 Å². The summed E-state index contributed by atoms with van der Waals surface area (Å²) >= 11 is 5.96. The molecule has 1 atom stereocenters. The largest absolute Gasteiger partial charge is 0.454 e. The highest BCUT2D eigenvalue weighted by atomic mass is 35.5. The van der Waals surface area contributed by atoms with E-state index >= 15 is 0 Å². The standard InChI is InChI=1S/C14H15ClN2O4/c15-10-4-2-1-3-9(10)7-16-13(19)8-21-14(20)11-5-6-12(18)17-11/h1-4,11H,5-8H2,(H,16,19)(H,17,18). The maximum atomic E-state index is 11.6. The lowest BCUT2D eigenvalue weighted by Crippen LogP contribution is -2.37. The first kappa shape index (κ1) is 15.3. The summed E-state index contributed by atoms with van der Waals surface area (Å²) in [5.41, 5.74) is 0.780. The molecule has 7 heteroatoms. The molecule has 1 heterocycles. The van der Waals surface area contributed by atoms with E-state index in [0.717, 1.165) is 5.56 Å². The minimum atomic E-state index is -0.645. The number of halogens is 1. The first-order valence-corrected chi connectivity index (χ1v) is 6.90. The lowest BCUT2D eigenvalue weighted by atomic mass is 10.2. The number of hydrogen-bond acceptors (Lipinski definition) is 4. The summed E-state index contributed by atoms with van der Waals surface area (Å²) in [7, 11) is 0. The summed E-state index contributed by atoms with van der Waals surface area (Å²) in [6.45, 7) is -0.119. The number of carbonyl (C=O) groups excluding carboxylic acids is 3. The number of hydrogen-bond donors (Lipinski definition) is 2. The summed E-state index contributed by atoms with van der Waals surface area (Å²) < 4.78 is 4.86. The van der Waals surface area contributed by atoms with Gasteiger partial charge in [0, 0.05) is 18.0 Å². The zero-order valence-electron chi connectivity index (χ0n) is 11.2. The number of nitrogens with one attached hydrogen (secondary N) is 2. The van der Waals surface area contributed by atoms with E-state index in [0.29, 0.717) is 17.9 Å². The molecule has 2 N–H and O–H groups in total. The van der Waals surface area contributed by atoms with Crippen LogP contribution in [0.1, 0.15) is 18.4 Å². The molecule has 112 valence electrons. The van der Waals surface area contributed by atoms with Gasteiger partial charge in [0.2, 0.25) is 5.91 Å². The Hall–Kier alpha value is -2.08. The molecule has 1 aliphatic rings. The van der Waals surface area contributed by atoms with Crippen molar-refractivity contribution in [1.29, 1.82) is 0 Å². The zero-order valence-corrected chi connectivity index (χ0v) is 12.0. The Morgan fingerprint density at radius 1 is 1.38 bits per heavy atom. The maximum absolute atomic E-state index is 11.6. The average molecular weight is 311 g/mol. The molecule has 2 amide bonds. The van der Waals surface area contributed by atoms with E-state index in [1.807, 2.05) is 6.07 Å². The van der Waals surface area contributed by atoms with Crippen molar-refractivity contribution < 1.29 is 19.1 Å². The minimum absolute atomic E-state index is 0.180. The highest BCUT2D eigenvalue weighted by Gasteiger charge is 2.28. The number of esters is 1. The Labute approximate surface area is 126 Å². The van der Waals surface area contributed by atoms with E-state index in [1.54, 1.807) is 18.2 Å². The Kier molecular flexibility index (Phi) is 5.16. The minimum Gasteiger partial charge on any atom is -0.454 e. The molecule has 6 nitrogen and oxygen atoms in total. The van der Waals surface area contributed by atoms with E-state index in [1.165, 1.54) is 0 Å². The molecule has 2 rings (SSSR count). The summed E-state index contributed by atoms with van der Waals surface area (Å²) in [5.74, 6) is -1.19. The number of carbonyl (C=O) groups is 3. The third kappa shape index (κ3) is 4.46. The normalized spacial score (nSPS) is 17.2. The topological polar surface area (TPSA) is 84.5 Å². The van der Waals surface area contributed by atoms with Gasteiger partial charge in [0.15, 0.2) is 6.61 Å². The van der Waals surface area contributed by atoms with Gasteiger partial charge in [-0.15, -0.1) is 0 Å². The Balaban J connectivity index is 1.71. The Morgan fingerprint density at radius 2 is 2.14 bits per heavy atom. The highest BCUT2D eigenvalue weighted by Crippen LogP contribution is 2.14. The number of rotatable bonds is 5. The summed E-state index contributed by atoms with van der Waals surface area (Å²) in [6.07, 6.45) is 0.706. The maximum Gasteiger partial charge on any atom is 0.329 e. The van der Waals surface area contributed by atoms with Crippen LogP contribution in [-0.2, 0) is 25.7 Å². The van der Waals surface area contributed by atoms with Crippen LogP contribution in [0.15, 0.2) is 24.3 Å². The van der Waals surface area contributed by atoms with Crippen molar-refractivity contribution >= 4 is 29.4 Å². The lowest BCUT2D eigenvalue weighted by molar-refractivity contribution is -0.150. The zero-order chi connectivity index (χ0) is 15.2.